The van der Waals surface area contributed by atoms with Gasteiger partial charge in [-0.15, -0.1) is 10.2 Å². The minimum absolute atomic E-state index is 0.450. The Balaban J connectivity index is 2.06. The topological polar surface area (TPSA) is 39.9 Å². The highest BCUT2D eigenvalue weighted by Gasteiger charge is 2.09. The van der Waals surface area contributed by atoms with E-state index in [1.807, 2.05) is 36.6 Å². The molecule has 5 heteroatoms. The zero-order valence-electron chi connectivity index (χ0n) is 9.96. The molecule has 0 radical (unpaired) electrons. The lowest BCUT2D eigenvalue weighted by atomic mass is 10.3. The second-order valence-corrected chi connectivity index (χ2v) is 4.22. The van der Waals surface area contributed by atoms with Gasteiger partial charge in [-0.25, -0.2) is 0 Å². The lowest BCUT2D eigenvalue weighted by Gasteiger charge is -2.07. The van der Waals surface area contributed by atoms with Gasteiger partial charge in [-0.2, -0.15) is 0 Å². The summed E-state index contributed by atoms with van der Waals surface area (Å²) in [6.45, 7) is 3.39. The Labute approximate surface area is 105 Å². The Morgan fingerprint density at radius 1 is 1.24 bits per heavy atom. The molecule has 1 aromatic carbocycles. The molecule has 0 aliphatic rings. The van der Waals surface area contributed by atoms with E-state index in [2.05, 4.69) is 21.7 Å². The number of hydrogen-bond donors (Lipinski definition) is 0. The second-order valence-electron chi connectivity index (χ2n) is 3.45. The molecule has 90 valence electrons. The van der Waals surface area contributed by atoms with Crippen LogP contribution in [0.25, 0.3) is 0 Å². The van der Waals surface area contributed by atoms with Crippen LogP contribution in [0, 0.1) is 0 Å². The van der Waals surface area contributed by atoms with E-state index >= 15 is 0 Å². The van der Waals surface area contributed by atoms with Crippen LogP contribution in [-0.4, -0.2) is 21.0 Å². The maximum Gasteiger partial charge on any atom is 0.191 e. The van der Waals surface area contributed by atoms with Crippen molar-refractivity contribution < 1.29 is 4.74 Å². The van der Waals surface area contributed by atoms with Gasteiger partial charge >= 0.3 is 0 Å². The van der Waals surface area contributed by atoms with Crippen LogP contribution in [0.4, 0.5) is 0 Å². The first-order valence-corrected chi connectivity index (χ1v) is 6.71. The van der Waals surface area contributed by atoms with E-state index in [1.165, 1.54) is 0 Å². The predicted octanol–water partition coefficient (Wildman–Crippen LogP) is 2.60. The van der Waals surface area contributed by atoms with Gasteiger partial charge in [0.05, 0.1) is 0 Å². The molecule has 0 atom stereocenters. The van der Waals surface area contributed by atoms with Crippen LogP contribution >= 0.6 is 11.8 Å². The summed E-state index contributed by atoms with van der Waals surface area (Å²) >= 11 is 1.60. The van der Waals surface area contributed by atoms with Gasteiger partial charge in [-0.3, -0.25) is 0 Å². The van der Waals surface area contributed by atoms with E-state index in [-0.39, 0.29) is 0 Å². The van der Waals surface area contributed by atoms with E-state index in [0.717, 1.165) is 23.3 Å². The highest BCUT2D eigenvalue weighted by molar-refractivity contribution is 7.98. The number of ether oxygens (including phenoxy) is 1. The van der Waals surface area contributed by atoms with Crippen molar-refractivity contribution in [1.29, 1.82) is 0 Å². The molecule has 0 aliphatic carbocycles. The Bertz CT molecular complexity index is 470. The van der Waals surface area contributed by atoms with E-state index in [0.29, 0.717) is 6.61 Å². The Morgan fingerprint density at radius 3 is 2.65 bits per heavy atom. The zero-order chi connectivity index (χ0) is 12.1. The smallest absolute Gasteiger partial charge is 0.191 e. The molecule has 2 aromatic rings. The summed E-state index contributed by atoms with van der Waals surface area (Å²) in [7, 11) is 0. The highest BCUT2D eigenvalue weighted by Crippen LogP contribution is 2.15. The average molecular weight is 249 g/mol. The summed E-state index contributed by atoms with van der Waals surface area (Å²) < 4.78 is 7.72. The minimum Gasteiger partial charge on any atom is -0.486 e. The number of thioether (sulfide) groups is 1. The third-order valence-electron chi connectivity index (χ3n) is 2.40. The molecule has 0 amide bonds. The van der Waals surface area contributed by atoms with Gasteiger partial charge < -0.3 is 9.30 Å². The lowest BCUT2D eigenvalue weighted by molar-refractivity contribution is 0.288. The summed E-state index contributed by atoms with van der Waals surface area (Å²) in [5.41, 5.74) is 0. The van der Waals surface area contributed by atoms with Gasteiger partial charge in [0, 0.05) is 6.54 Å². The maximum absolute atomic E-state index is 5.66. The van der Waals surface area contributed by atoms with Gasteiger partial charge in [0.1, 0.15) is 12.4 Å². The number of hydrogen-bond acceptors (Lipinski definition) is 4. The van der Waals surface area contributed by atoms with Gasteiger partial charge in [0.15, 0.2) is 11.0 Å². The largest absolute Gasteiger partial charge is 0.486 e. The van der Waals surface area contributed by atoms with Crippen LogP contribution in [0.1, 0.15) is 12.7 Å². The molecule has 0 N–H and O–H groups in total. The Hall–Kier alpha value is -1.49. The van der Waals surface area contributed by atoms with Crippen LogP contribution in [0.15, 0.2) is 35.5 Å². The SMILES string of the molecule is CCn1c(COc2ccccc2)nnc1SC. The van der Waals surface area contributed by atoms with Gasteiger partial charge in [-0.05, 0) is 25.3 Å². The Morgan fingerprint density at radius 2 is 2.00 bits per heavy atom. The van der Waals surface area contributed by atoms with E-state index in [4.69, 9.17) is 4.74 Å². The first-order valence-electron chi connectivity index (χ1n) is 5.49. The number of benzene rings is 1. The first kappa shape index (κ1) is 12.0. The number of nitrogens with zero attached hydrogens (tertiary/aromatic N) is 3. The van der Waals surface area contributed by atoms with Crippen LogP contribution in [0.2, 0.25) is 0 Å². The van der Waals surface area contributed by atoms with Crippen LogP contribution in [0.3, 0.4) is 0 Å². The molecule has 0 unspecified atom stereocenters. The predicted molar refractivity (Wildman–Crippen MR) is 68.3 cm³/mol. The third kappa shape index (κ3) is 2.79. The van der Waals surface area contributed by atoms with Gasteiger partial charge in [-0.1, -0.05) is 30.0 Å². The summed E-state index contributed by atoms with van der Waals surface area (Å²) in [5, 5.41) is 9.18. The molecule has 0 spiro atoms. The van der Waals surface area contributed by atoms with Crippen molar-refractivity contribution in [3.8, 4) is 5.75 Å². The van der Waals surface area contributed by atoms with Gasteiger partial charge in [0.2, 0.25) is 0 Å². The molecular formula is C12H15N3OS. The molecular weight excluding hydrogens is 234 g/mol. The fourth-order valence-corrected chi connectivity index (χ4v) is 2.14. The standard InChI is InChI=1S/C12H15N3OS/c1-3-15-11(13-14-12(15)17-2)9-16-10-7-5-4-6-8-10/h4-8H,3,9H2,1-2H3. The zero-order valence-corrected chi connectivity index (χ0v) is 10.8. The fraction of sp³-hybridized carbons (Fsp3) is 0.333. The molecule has 0 fully saturated rings. The minimum atomic E-state index is 0.450. The summed E-state index contributed by atoms with van der Waals surface area (Å²) in [4.78, 5) is 0. The summed E-state index contributed by atoms with van der Waals surface area (Å²) in [6, 6.07) is 9.73. The summed E-state index contributed by atoms with van der Waals surface area (Å²) in [6.07, 6.45) is 2.00. The van der Waals surface area contributed by atoms with Gasteiger partial charge in [0.25, 0.3) is 0 Å². The van der Waals surface area contributed by atoms with Crippen LogP contribution in [0.5, 0.6) is 5.75 Å². The fourth-order valence-electron chi connectivity index (χ4n) is 1.56. The van der Waals surface area contributed by atoms with Crippen molar-refractivity contribution in [2.45, 2.75) is 25.2 Å². The van der Waals surface area contributed by atoms with E-state index < -0.39 is 0 Å². The summed E-state index contributed by atoms with van der Waals surface area (Å²) in [5.74, 6) is 1.71. The molecule has 0 saturated heterocycles. The molecule has 1 heterocycles. The van der Waals surface area contributed by atoms with Crippen molar-refractivity contribution in [3.05, 3.63) is 36.2 Å². The van der Waals surface area contributed by atoms with Crippen molar-refractivity contribution in [2.24, 2.45) is 0 Å². The van der Waals surface area contributed by atoms with Crippen molar-refractivity contribution in [2.75, 3.05) is 6.26 Å². The molecule has 0 saturated carbocycles. The van der Waals surface area contributed by atoms with Crippen LogP contribution in [-0.2, 0) is 13.2 Å². The Kier molecular flexibility index (Phi) is 4.03. The van der Waals surface area contributed by atoms with Crippen LogP contribution < -0.4 is 4.74 Å². The molecule has 17 heavy (non-hydrogen) atoms. The quantitative estimate of drug-likeness (QED) is 0.764. The highest BCUT2D eigenvalue weighted by atomic mass is 32.2. The molecule has 1 aromatic heterocycles. The average Bonchev–Trinajstić information content (AvgIpc) is 2.79. The van der Waals surface area contributed by atoms with Crippen molar-refractivity contribution in [1.82, 2.24) is 14.8 Å². The first-order chi connectivity index (χ1) is 8.35. The van der Waals surface area contributed by atoms with Crippen molar-refractivity contribution in [3.63, 3.8) is 0 Å². The lowest BCUT2D eigenvalue weighted by Crippen LogP contribution is -2.06. The molecule has 2 rings (SSSR count). The monoisotopic (exact) mass is 249 g/mol. The number of aromatic nitrogens is 3. The normalized spacial score (nSPS) is 10.5. The number of para-hydroxylation sites is 1. The molecule has 0 bridgehead atoms. The molecule has 4 nitrogen and oxygen atoms in total. The second kappa shape index (κ2) is 5.72. The van der Waals surface area contributed by atoms with E-state index in [1.54, 1.807) is 11.8 Å². The molecule has 0 aliphatic heterocycles. The third-order valence-corrected chi connectivity index (χ3v) is 3.07. The number of rotatable bonds is 5. The maximum atomic E-state index is 5.66. The van der Waals surface area contributed by atoms with Crippen molar-refractivity contribution >= 4 is 11.8 Å². The van der Waals surface area contributed by atoms with E-state index in [9.17, 15) is 0 Å².